The zero-order chi connectivity index (χ0) is 10.8. The third kappa shape index (κ3) is 2.56. The van der Waals surface area contributed by atoms with Crippen LogP contribution in [0.1, 0.15) is 24.5 Å². The van der Waals surface area contributed by atoms with Crippen molar-refractivity contribution in [2.45, 2.75) is 26.9 Å². The van der Waals surface area contributed by atoms with Crippen molar-refractivity contribution in [3.63, 3.8) is 0 Å². The molecular formula is C11H19N3S. The highest BCUT2D eigenvalue weighted by molar-refractivity contribution is 7.09. The number of nitrogens with zero attached hydrogens (tertiary/aromatic N) is 2. The molecule has 2 heterocycles. The highest BCUT2D eigenvalue weighted by atomic mass is 32.1. The molecule has 1 aromatic heterocycles. The Morgan fingerprint density at radius 1 is 1.47 bits per heavy atom. The SMILES string of the molecule is CC1CN(Cc2csc(CN)n2)CC1C. The van der Waals surface area contributed by atoms with E-state index in [1.54, 1.807) is 11.3 Å². The van der Waals surface area contributed by atoms with Crippen LogP contribution in [0.5, 0.6) is 0 Å². The quantitative estimate of drug-likeness (QED) is 0.851. The van der Waals surface area contributed by atoms with E-state index >= 15 is 0 Å². The fraction of sp³-hybridized carbons (Fsp3) is 0.727. The lowest BCUT2D eigenvalue weighted by Crippen LogP contribution is -2.20. The zero-order valence-corrected chi connectivity index (χ0v) is 10.3. The van der Waals surface area contributed by atoms with Crippen LogP contribution in [-0.2, 0) is 13.1 Å². The van der Waals surface area contributed by atoms with Crippen molar-refractivity contribution in [1.29, 1.82) is 0 Å². The summed E-state index contributed by atoms with van der Waals surface area (Å²) < 4.78 is 0. The Bertz CT molecular complexity index is 313. The summed E-state index contributed by atoms with van der Waals surface area (Å²) in [6.45, 7) is 8.63. The fourth-order valence-electron chi connectivity index (χ4n) is 2.12. The number of hydrogen-bond acceptors (Lipinski definition) is 4. The third-order valence-electron chi connectivity index (χ3n) is 3.22. The summed E-state index contributed by atoms with van der Waals surface area (Å²) in [4.78, 5) is 6.98. The second kappa shape index (κ2) is 4.60. The summed E-state index contributed by atoms with van der Waals surface area (Å²) in [5, 5.41) is 3.18. The number of thiazole rings is 1. The van der Waals surface area contributed by atoms with E-state index in [1.807, 2.05) is 0 Å². The summed E-state index contributed by atoms with van der Waals surface area (Å²) >= 11 is 1.67. The van der Waals surface area contributed by atoms with Crippen LogP contribution >= 0.6 is 11.3 Å². The molecule has 0 radical (unpaired) electrons. The fourth-order valence-corrected chi connectivity index (χ4v) is 2.79. The number of likely N-dealkylation sites (tertiary alicyclic amines) is 1. The van der Waals surface area contributed by atoms with E-state index in [1.165, 1.54) is 18.8 Å². The van der Waals surface area contributed by atoms with E-state index in [2.05, 4.69) is 29.1 Å². The van der Waals surface area contributed by atoms with E-state index in [0.717, 1.165) is 23.4 Å². The molecule has 4 heteroatoms. The molecule has 1 saturated heterocycles. The topological polar surface area (TPSA) is 42.1 Å². The molecule has 2 N–H and O–H groups in total. The van der Waals surface area contributed by atoms with Crippen molar-refractivity contribution in [3.8, 4) is 0 Å². The first-order chi connectivity index (χ1) is 7.19. The van der Waals surface area contributed by atoms with E-state index < -0.39 is 0 Å². The molecule has 0 amide bonds. The van der Waals surface area contributed by atoms with E-state index in [-0.39, 0.29) is 0 Å². The molecule has 84 valence electrons. The van der Waals surface area contributed by atoms with Gasteiger partial charge in [0.15, 0.2) is 0 Å². The van der Waals surface area contributed by atoms with Crippen molar-refractivity contribution in [3.05, 3.63) is 16.1 Å². The second-order valence-electron chi connectivity index (χ2n) is 4.59. The first-order valence-electron chi connectivity index (χ1n) is 5.54. The van der Waals surface area contributed by atoms with Gasteiger partial charge in [0.1, 0.15) is 5.01 Å². The van der Waals surface area contributed by atoms with E-state index in [4.69, 9.17) is 5.73 Å². The molecule has 2 atom stereocenters. The van der Waals surface area contributed by atoms with Crippen molar-refractivity contribution >= 4 is 11.3 Å². The molecule has 2 rings (SSSR count). The number of hydrogen-bond donors (Lipinski definition) is 1. The van der Waals surface area contributed by atoms with Crippen LogP contribution in [0, 0.1) is 11.8 Å². The van der Waals surface area contributed by atoms with Crippen LogP contribution in [0.15, 0.2) is 5.38 Å². The van der Waals surface area contributed by atoms with Crippen molar-refractivity contribution in [1.82, 2.24) is 9.88 Å². The van der Waals surface area contributed by atoms with Crippen LogP contribution < -0.4 is 5.73 Å². The lowest BCUT2D eigenvalue weighted by atomic mass is 10.0. The number of nitrogens with two attached hydrogens (primary N) is 1. The molecule has 1 aromatic rings. The Kier molecular flexibility index (Phi) is 3.38. The van der Waals surface area contributed by atoms with Gasteiger partial charge < -0.3 is 5.73 Å². The van der Waals surface area contributed by atoms with Gasteiger partial charge in [-0.15, -0.1) is 11.3 Å². The van der Waals surface area contributed by atoms with Gasteiger partial charge >= 0.3 is 0 Å². The third-order valence-corrected chi connectivity index (χ3v) is 4.14. The Morgan fingerprint density at radius 2 is 2.13 bits per heavy atom. The molecule has 0 saturated carbocycles. The van der Waals surface area contributed by atoms with Crippen LogP contribution in [-0.4, -0.2) is 23.0 Å². The van der Waals surface area contributed by atoms with Gasteiger partial charge in [-0.1, -0.05) is 13.8 Å². The Hall–Kier alpha value is -0.450. The minimum Gasteiger partial charge on any atom is -0.325 e. The first-order valence-corrected chi connectivity index (χ1v) is 6.42. The second-order valence-corrected chi connectivity index (χ2v) is 5.53. The molecular weight excluding hydrogens is 206 g/mol. The minimum absolute atomic E-state index is 0.567. The van der Waals surface area contributed by atoms with Crippen LogP contribution in [0.4, 0.5) is 0 Å². The molecule has 3 nitrogen and oxygen atoms in total. The average Bonchev–Trinajstić information content (AvgIpc) is 2.76. The molecule has 1 aliphatic heterocycles. The van der Waals surface area contributed by atoms with Gasteiger partial charge in [-0.25, -0.2) is 4.98 Å². The summed E-state index contributed by atoms with van der Waals surface area (Å²) in [6.07, 6.45) is 0. The standard InChI is InChI=1S/C11H19N3S/c1-8-4-14(5-9(8)2)6-10-7-15-11(3-12)13-10/h7-9H,3-6,12H2,1-2H3. The number of rotatable bonds is 3. The summed E-state index contributed by atoms with van der Waals surface area (Å²) in [5.74, 6) is 1.63. The maximum atomic E-state index is 5.55. The van der Waals surface area contributed by atoms with Gasteiger partial charge in [0.2, 0.25) is 0 Å². The van der Waals surface area contributed by atoms with E-state index in [0.29, 0.717) is 6.54 Å². The van der Waals surface area contributed by atoms with Gasteiger partial charge in [0.25, 0.3) is 0 Å². The summed E-state index contributed by atoms with van der Waals surface area (Å²) in [7, 11) is 0. The summed E-state index contributed by atoms with van der Waals surface area (Å²) in [6, 6.07) is 0. The van der Waals surface area contributed by atoms with Gasteiger partial charge in [0, 0.05) is 31.6 Å². The monoisotopic (exact) mass is 225 g/mol. The summed E-state index contributed by atoms with van der Waals surface area (Å²) in [5.41, 5.74) is 6.73. The maximum absolute atomic E-state index is 5.55. The number of aromatic nitrogens is 1. The highest BCUT2D eigenvalue weighted by Gasteiger charge is 2.26. The highest BCUT2D eigenvalue weighted by Crippen LogP contribution is 2.23. The van der Waals surface area contributed by atoms with Crippen LogP contribution in [0.2, 0.25) is 0 Å². The van der Waals surface area contributed by atoms with Gasteiger partial charge in [-0.05, 0) is 11.8 Å². The Morgan fingerprint density at radius 3 is 2.67 bits per heavy atom. The van der Waals surface area contributed by atoms with Crippen molar-refractivity contribution < 1.29 is 0 Å². The first kappa shape index (κ1) is 11.0. The van der Waals surface area contributed by atoms with Gasteiger partial charge in [-0.2, -0.15) is 0 Å². The smallest absolute Gasteiger partial charge is 0.106 e. The largest absolute Gasteiger partial charge is 0.325 e. The molecule has 2 unspecified atom stereocenters. The molecule has 0 aromatic carbocycles. The Balaban J connectivity index is 1.92. The lowest BCUT2D eigenvalue weighted by molar-refractivity contribution is 0.312. The van der Waals surface area contributed by atoms with Crippen LogP contribution in [0.25, 0.3) is 0 Å². The van der Waals surface area contributed by atoms with Crippen molar-refractivity contribution in [2.75, 3.05) is 13.1 Å². The lowest BCUT2D eigenvalue weighted by Gasteiger charge is -2.12. The van der Waals surface area contributed by atoms with Gasteiger partial charge in [0.05, 0.1) is 5.69 Å². The molecule has 0 aliphatic carbocycles. The van der Waals surface area contributed by atoms with Crippen LogP contribution in [0.3, 0.4) is 0 Å². The predicted octanol–water partition coefficient (Wildman–Crippen LogP) is 1.69. The molecule has 0 bridgehead atoms. The molecule has 15 heavy (non-hydrogen) atoms. The zero-order valence-electron chi connectivity index (χ0n) is 9.44. The maximum Gasteiger partial charge on any atom is 0.106 e. The van der Waals surface area contributed by atoms with Gasteiger partial charge in [-0.3, -0.25) is 4.90 Å². The average molecular weight is 225 g/mol. The molecule has 1 fully saturated rings. The Labute approximate surface area is 95.3 Å². The molecule has 0 spiro atoms. The van der Waals surface area contributed by atoms with E-state index in [9.17, 15) is 0 Å². The normalized spacial score (nSPS) is 27.4. The predicted molar refractivity (Wildman–Crippen MR) is 63.6 cm³/mol. The molecule has 1 aliphatic rings. The minimum atomic E-state index is 0.567. The van der Waals surface area contributed by atoms with Crippen molar-refractivity contribution in [2.24, 2.45) is 17.6 Å².